The molecule has 1 aromatic heterocycles. The normalized spacial score (nSPS) is 14.1. The molecule has 0 saturated carbocycles. The van der Waals surface area contributed by atoms with Gasteiger partial charge in [-0.3, -0.25) is 10.1 Å². The molecule has 4 nitrogen and oxygen atoms in total. The molecule has 0 unspecified atom stereocenters. The topological polar surface area (TPSA) is 48.1 Å². The van der Waals surface area contributed by atoms with Crippen LogP contribution in [0.4, 0.5) is 5.69 Å². The molecule has 120 valence electrons. The van der Waals surface area contributed by atoms with Gasteiger partial charge < -0.3 is 4.57 Å². The van der Waals surface area contributed by atoms with Crippen LogP contribution in [0.3, 0.4) is 0 Å². The molecule has 4 rings (SSSR count). The van der Waals surface area contributed by atoms with Gasteiger partial charge in [0.05, 0.1) is 4.92 Å². The Balaban J connectivity index is 2.07. The van der Waals surface area contributed by atoms with Crippen LogP contribution in [0.5, 0.6) is 0 Å². The molecule has 0 saturated heterocycles. The van der Waals surface area contributed by atoms with Crippen LogP contribution in [0.1, 0.15) is 19.5 Å². The van der Waals surface area contributed by atoms with Gasteiger partial charge in [-0.1, -0.05) is 41.5 Å². The highest BCUT2D eigenvalue weighted by Gasteiger charge is 2.24. The van der Waals surface area contributed by atoms with E-state index in [1.54, 1.807) is 12.1 Å². The predicted molar refractivity (Wildman–Crippen MR) is 96.1 cm³/mol. The molecule has 3 aromatic rings. The average molecular weight is 318 g/mol. The fraction of sp³-hybridized carbons (Fsp3) is 0.200. The van der Waals surface area contributed by atoms with Crippen LogP contribution in [0.15, 0.2) is 59.7 Å². The van der Waals surface area contributed by atoms with Crippen LogP contribution < -0.4 is 0 Å². The van der Waals surface area contributed by atoms with Crippen LogP contribution in [-0.2, 0) is 13.0 Å². The van der Waals surface area contributed by atoms with Crippen LogP contribution >= 0.6 is 0 Å². The summed E-state index contributed by atoms with van der Waals surface area (Å²) < 4.78 is 2.31. The second-order valence-corrected chi connectivity index (χ2v) is 6.47. The third kappa shape index (κ3) is 2.14. The van der Waals surface area contributed by atoms with Gasteiger partial charge in [-0.2, -0.15) is 0 Å². The Kier molecular flexibility index (Phi) is 3.27. The standard InChI is InChI=1S/C20H18N2O2/c1-13-10-19-20(15-6-4-3-5-7-15)17-11-16(22(23)24)8-9-18(17)21(19)12-14(13)2/h3-9,11H,10,12H2,1-2H3. The first-order chi connectivity index (χ1) is 11.6. The number of nitro benzene ring substituents is 1. The summed E-state index contributed by atoms with van der Waals surface area (Å²) in [6.07, 6.45) is 0.887. The summed E-state index contributed by atoms with van der Waals surface area (Å²) >= 11 is 0. The smallest absolute Gasteiger partial charge is 0.270 e. The highest BCUT2D eigenvalue weighted by atomic mass is 16.6. The third-order valence-electron chi connectivity index (χ3n) is 4.98. The largest absolute Gasteiger partial charge is 0.340 e. The highest BCUT2D eigenvalue weighted by molar-refractivity contribution is 5.99. The molecule has 0 amide bonds. The van der Waals surface area contributed by atoms with Gasteiger partial charge in [0.15, 0.2) is 0 Å². The zero-order chi connectivity index (χ0) is 16.8. The summed E-state index contributed by atoms with van der Waals surface area (Å²) in [4.78, 5) is 10.9. The zero-order valence-corrected chi connectivity index (χ0v) is 13.7. The minimum atomic E-state index is -0.320. The lowest BCUT2D eigenvalue weighted by Crippen LogP contribution is -2.12. The molecule has 0 aliphatic carbocycles. The molecule has 0 atom stereocenters. The Hall–Kier alpha value is -2.88. The van der Waals surface area contributed by atoms with Crippen molar-refractivity contribution in [3.63, 3.8) is 0 Å². The molecule has 24 heavy (non-hydrogen) atoms. The van der Waals surface area contributed by atoms with Gasteiger partial charge in [0.1, 0.15) is 0 Å². The van der Waals surface area contributed by atoms with Crippen molar-refractivity contribution < 1.29 is 4.92 Å². The predicted octanol–water partition coefficient (Wildman–Crippen LogP) is 5.11. The SMILES string of the molecule is CC1=C(C)Cn2c(c(-c3ccccc3)c3cc([N+](=O)[O-])ccc32)C1. The van der Waals surface area contributed by atoms with E-state index >= 15 is 0 Å². The summed E-state index contributed by atoms with van der Waals surface area (Å²) in [7, 11) is 0. The maximum atomic E-state index is 11.2. The molecular formula is C20H18N2O2. The Bertz CT molecular complexity index is 997. The molecule has 1 aliphatic rings. The first kappa shape index (κ1) is 14.7. The van der Waals surface area contributed by atoms with Gasteiger partial charge in [0.25, 0.3) is 5.69 Å². The molecule has 0 fully saturated rings. The van der Waals surface area contributed by atoms with Gasteiger partial charge in [-0.25, -0.2) is 0 Å². The number of benzene rings is 2. The quantitative estimate of drug-likeness (QED) is 0.374. The summed E-state index contributed by atoms with van der Waals surface area (Å²) in [5, 5.41) is 12.2. The fourth-order valence-corrected chi connectivity index (χ4v) is 3.57. The summed E-state index contributed by atoms with van der Waals surface area (Å²) in [5.41, 5.74) is 7.46. The van der Waals surface area contributed by atoms with Crippen molar-refractivity contribution in [2.45, 2.75) is 26.8 Å². The van der Waals surface area contributed by atoms with Gasteiger partial charge in [0, 0.05) is 47.3 Å². The number of fused-ring (bicyclic) bond motifs is 3. The van der Waals surface area contributed by atoms with Gasteiger partial charge in [-0.15, -0.1) is 0 Å². The van der Waals surface area contributed by atoms with E-state index in [4.69, 9.17) is 0 Å². The first-order valence-electron chi connectivity index (χ1n) is 8.06. The molecule has 0 radical (unpaired) electrons. The van der Waals surface area contributed by atoms with Gasteiger partial charge in [-0.05, 0) is 25.5 Å². The lowest BCUT2D eigenvalue weighted by Gasteiger charge is -2.20. The van der Waals surface area contributed by atoms with Crippen LogP contribution in [0.2, 0.25) is 0 Å². The van der Waals surface area contributed by atoms with Gasteiger partial charge >= 0.3 is 0 Å². The second kappa shape index (κ2) is 5.34. The van der Waals surface area contributed by atoms with Gasteiger partial charge in [0.2, 0.25) is 0 Å². The lowest BCUT2D eigenvalue weighted by molar-refractivity contribution is -0.384. The minimum absolute atomic E-state index is 0.143. The van der Waals surface area contributed by atoms with E-state index < -0.39 is 0 Å². The van der Waals surface area contributed by atoms with Crippen molar-refractivity contribution in [2.24, 2.45) is 0 Å². The summed E-state index contributed by atoms with van der Waals surface area (Å²) in [5.74, 6) is 0. The van der Waals surface area contributed by atoms with E-state index in [1.807, 2.05) is 24.3 Å². The molecule has 2 aromatic carbocycles. The highest BCUT2D eigenvalue weighted by Crippen LogP contribution is 2.40. The Morgan fingerprint density at radius 2 is 1.79 bits per heavy atom. The van der Waals surface area contributed by atoms with Crippen LogP contribution in [-0.4, -0.2) is 9.49 Å². The number of aromatic nitrogens is 1. The minimum Gasteiger partial charge on any atom is -0.340 e. The number of hydrogen-bond acceptors (Lipinski definition) is 2. The van der Waals surface area contributed by atoms with Crippen molar-refractivity contribution >= 4 is 16.6 Å². The molecule has 0 spiro atoms. The van der Waals surface area contributed by atoms with Crippen LogP contribution in [0, 0.1) is 10.1 Å². The number of hydrogen-bond donors (Lipinski definition) is 0. The number of nitrogens with zero attached hydrogens (tertiary/aromatic N) is 2. The molecule has 2 heterocycles. The number of allylic oxidation sites excluding steroid dienone is 2. The molecular weight excluding hydrogens is 300 g/mol. The van der Waals surface area contributed by atoms with Crippen molar-refractivity contribution in [3.8, 4) is 11.1 Å². The zero-order valence-electron chi connectivity index (χ0n) is 13.7. The van der Waals surface area contributed by atoms with E-state index in [1.165, 1.54) is 16.8 Å². The van der Waals surface area contributed by atoms with Crippen molar-refractivity contribution in [1.29, 1.82) is 0 Å². The van der Waals surface area contributed by atoms with E-state index in [0.717, 1.165) is 35.0 Å². The lowest BCUT2D eigenvalue weighted by atomic mass is 9.96. The van der Waals surface area contributed by atoms with E-state index in [9.17, 15) is 10.1 Å². The Morgan fingerprint density at radius 3 is 2.50 bits per heavy atom. The summed E-state index contributed by atoms with van der Waals surface area (Å²) in [6.45, 7) is 5.19. The number of nitro groups is 1. The second-order valence-electron chi connectivity index (χ2n) is 6.47. The van der Waals surface area contributed by atoms with Crippen LogP contribution in [0.25, 0.3) is 22.0 Å². The van der Waals surface area contributed by atoms with E-state index in [-0.39, 0.29) is 10.6 Å². The molecule has 1 aliphatic heterocycles. The monoisotopic (exact) mass is 318 g/mol. The Morgan fingerprint density at radius 1 is 1.04 bits per heavy atom. The number of non-ortho nitro benzene ring substituents is 1. The Labute approximate surface area is 140 Å². The molecule has 4 heteroatoms. The molecule has 0 bridgehead atoms. The van der Waals surface area contributed by atoms with Crippen molar-refractivity contribution in [3.05, 3.63) is 75.5 Å². The third-order valence-corrected chi connectivity index (χ3v) is 4.98. The first-order valence-corrected chi connectivity index (χ1v) is 8.06. The fourth-order valence-electron chi connectivity index (χ4n) is 3.57. The summed E-state index contributed by atoms with van der Waals surface area (Å²) in [6, 6.07) is 15.4. The number of rotatable bonds is 2. The maximum absolute atomic E-state index is 11.2. The van der Waals surface area contributed by atoms with Crippen molar-refractivity contribution in [1.82, 2.24) is 4.57 Å². The van der Waals surface area contributed by atoms with Crippen molar-refractivity contribution in [2.75, 3.05) is 0 Å². The van der Waals surface area contributed by atoms with E-state index in [0.29, 0.717) is 0 Å². The molecule has 0 N–H and O–H groups in total. The van der Waals surface area contributed by atoms with E-state index in [2.05, 4.69) is 30.5 Å². The maximum Gasteiger partial charge on any atom is 0.270 e. The average Bonchev–Trinajstić information content (AvgIpc) is 2.88.